The molecule has 2 heterocycles. The summed E-state index contributed by atoms with van der Waals surface area (Å²) < 4.78 is 1.50. The fourth-order valence-corrected chi connectivity index (χ4v) is 1.03. The number of rotatable bonds is 0. The van der Waals surface area contributed by atoms with Gasteiger partial charge in [0.05, 0.1) is 0 Å². The molecular weight excluding hydrogens is 156 g/mol. The van der Waals surface area contributed by atoms with E-state index in [1.54, 1.807) is 23.7 Å². The molecule has 0 aromatic carbocycles. The summed E-state index contributed by atoms with van der Waals surface area (Å²) >= 11 is 1.71. The molecule has 2 nitrogen and oxygen atoms in total. The van der Waals surface area contributed by atoms with Gasteiger partial charge in [0.25, 0.3) is 0 Å². The molecule has 2 N–H and O–H groups in total. The lowest BCUT2D eigenvalue weighted by Gasteiger charge is -1.81. The summed E-state index contributed by atoms with van der Waals surface area (Å²) in [5, 5.41) is 4.08. The average Bonchev–Trinajstić information content (AvgIpc) is 2.57. The smallest absolute Gasteiger partial charge is 0.0256 e. The van der Waals surface area contributed by atoms with Crippen LogP contribution in [0.4, 0.5) is 0 Å². The Labute approximate surface area is 69.9 Å². The first-order valence-electron chi connectivity index (χ1n) is 3.25. The minimum absolute atomic E-state index is 1.50. The Morgan fingerprint density at radius 3 is 1.64 bits per heavy atom. The SMILES string of the molecule is Nn1cccc1.c1ccsc1. The first-order chi connectivity index (χ1) is 5.39. The third-order valence-corrected chi connectivity index (χ3v) is 1.68. The summed E-state index contributed by atoms with van der Waals surface area (Å²) in [5.74, 6) is 5.19. The van der Waals surface area contributed by atoms with E-state index in [1.165, 1.54) is 4.68 Å². The summed E-state index contributed by atoms with van der Waals surface area (Å²) in [6, 6.07) is 7.79. The zero-order valence-electron chi connectivity index (χ0n) is 6.05. The van der Waals surface area contributed by atoms with Crippen LogP contribution in [0, 0.1) is 0 Å². The van der Waals surface area contributed by atoms with Crippen molar-refractivity contribution in [3.63, 3.8) is 0 Å². The normalized spacial score (nSPS) is 8.36. The Morgan fingerprint density at radius 1 is 0.909 bits per heavy atom. The quantitative estimate of drug-likeness (QED) is 0.596. The van der Waals surface area contributed by atoms with Crippen molar-refractivity contribution in [1.82, 2.24) is 4.68 Å². The Balaban J connectivity index is 0.000000112. The van der Waals surface area contributed by atoms with E-state index in [0.717, 1.165) is 0 Å². The van der Waals surface area contributed by atoms with E-state index < -0.39 is 0 Å². The molecule has 0 atom stereocenters. The third-order valence-electron chi connectivity index (χ3n) is 1.05. The molecule has 0 unspecified atom stereocenters. The standard InChI is InChI=1S/C4H6N2.C4H4S/c5-6-3-1-2-4-6;1-2-4-5-3-1/h1-4H,5H2;1-4H. The van der Waals surface area contributed by atoms with Crippen molar-refractivity contribution < 1.29 is 0 Å². The van der Waals surface area contributed by atoms with Crippen molar-refractivity contribution in [2.45, 2.75) is 0 Å². The minimum atomic E-state index is 1.50. The number of aromatic nitrogens is 1. The zero-order valence-corrected chi connectivity index (χ0v) is 6.87. The van der Waals surface area contributed by atoms with E-state index in [-0.39, 0.29) is 0 Å². The maximum absolute atomic E-state index is 5.19. The highest BCUT2D eigenvalue weighted by molar-refractivity contribution is 7.07. The Morgan fingerprint density at radius 2 is 1.45 bits per heavy atom. The van der Waals surface area contributed by atoms with E-state index >= 15 is 0 Å². The van der Waals surface area contributed by atoms with Crippen LogP contribution in [0.25, 0.3) is 0 Å². The van der Waals surface area contributed by atoms with Crippen LogP contribution in [0.3, 0.4) is 0 Å². The first-order valence-corrected chi connectivity index (χ1v) is 4.19. The maximum atomic E-state index is 5.19. The average molecular weight is 166 g/mol. The maximum Gasteiger partial charge on any atom is 0.0256 e. The lowest BCUT2D eigenvalue weighted by Crippen LogP contribution is -2.02. The molecule has 11 heavy (non-hydrogen) atoms. The van der Waals surface area contributed by atoms with Gasteiger partial charge in [0, 0.05) is 12.4 Å². The van der Waals surface area contributed by atoms with Crippen molar-refractivity contribution in [1.29, 1.82) is 0 Å². The van der Waals surface area contributed by atoms with Crippen molar-refractivity contribution in [3.05, 3.63) is 47.4 Å². The number of nitrogens with two attached hydrogens (primary N) is 1. The predicted octanol–water partition coefficient (Wildman–Crippen LogP) is 1.95. The first kappa shape index (κ1) is 7.88. The van der Waals surface area contributed by atoms with Crippen LogP contribution >= 0.6 is 11.3 Å². The van der Waals surface area contributed by atoms with Crippen LogP contribution in [0.15, 0.2) is 47.4 Å². The van der Waals surface area contributed by atoms with Crippen LogP contribution in [0.5, 0.6) is 0 Å². The van der Waals surface area contributed by atoms with Crippen LogP contribution in [0.1, 0.15) is 0 Å². The lowest BCUT2D eigenvalue weighted by atomic mass is 10.7. The highest BCUT2D eigenvalue weighted by atomic mass is 32.1. The molecule has 2 aromatic heterocycles. The van der Waals surface area contributed by atoms with Gasteiger partial charge in [0.2, 0.25) is 0 Å². The van der Waals surface area contributed by atoms with Crippen molar-refractivity contribution in [3.8, 4) is 0 Å². The molecule has 0 spiro atoms. The monoisotopic (exact) mass is 166 g/mol. The van der Waals surface area contributed by atoms with E-state index in [9.17, 15) is 0 Å². The molecule has 0 saturated heterocycles. The molecule has 2 aromatic rings. The van der Waals surface area contributed by atoms with Gasteiger partial charge in [-0.05, 0) is 22.9 Å². The zero-order chi connectivity index (χ0) is 7.94. The Bertz CT molecular complexity index is 230. The second-order valence-electron chi connectivity index (χ2n) is 1.92. The van der Waals surface area contributed by atoms with Crippen LogP contribution in [-0.4, -0.2) is 4.68 Å². The van der Waals surface area contributed by atoms with Gasteiger partial charge in [-0.15, -0.1) is 0 Å². The van der Waals surface area contributed by atoms with E-state index in [1.807, 2.05) is 35.0 Å². The molecule has 0 radical (unpaired) electrons. The van der Waals surface area contributed by atoms with Gasteiger partial charge in [-0.3, -0.25) is 4.68 Å². The molecule has 0 aliphatic heterocycles. The summed E-state index contributed by atoms with van der Waals surface area (Å²) in [7, 11) is 0. The molecule has 58 valence electrons. The predicted molar refractivity (Wildman–Crippen MR) is 48.9 cm³/mol. The summed E-state index contributed by atoms with van der Waals surface area (Å²) in [5.41, 5.74) is 0. The fourth-order valence-electron chi connectivity index (χ4n) is 0.575. The Kier molecular flexibility index (Phi) is 3.28. The summed E-state index contributed by atoms with van der Waals surface area (Å²) in [6.45, 7) is 0. The van der Waals surface area contributed by atoms with E-state index in [0.29, 0.717) is 0 Å². The van der Waals surface area contributed by atoms with Gasteiger partial charge in [-0.25, -0.2) is 0 Å². The van der Waals surface area contributed by atoms with Crippen LogP contribution < -0.4 is 5.84 Å². The van der Waals surface area contributed by atoms with Crippen molar-refractivity contribution >= 4 is 11.3 Å². The van der Waals surface area contributed by atoms with E-state index in [2.05, 4.69) is 0 Å². The fraction of sp³-hybridized carbons (Fsp3) is 0. The lowest BCUT2D eigenvalue weighted by molar-refractivity contribution is 1.02. The molecule has 0 aliphatic carbocycles. The largest absolute Gasteiger partial charge is 0.340 e. The molecule has 3 heteroatoms. The summed E-state index contributed by atoms with van der Waals surface area (Å²) in [4.78, 5) is 0. The molecule has 0 fully saturated rings. The number of hydrogen-bond donors (Lipinski definition) is 1. The Hall–Kier alpha value is -1.22. The van der Waals surface area contributed by atoms with Gasteiger partial charge >= 0.3 is 0 Å². The van der Waals surface area contributed by atoms with E-state index in [4.69, 9.17) is 5.84 Å². The molecule has 0 aliphatic rings. The highest BCUT2D eigenvalue weighted by Crippen LogP contribution is 1.91. The summed E-state index contributed by atoms with van der Waals surface area (Å²) in [6.07, 6.45) is 3.56. The van der Waals surface area contributed by atoms with Crippen molar-refractivity contribution in [2.75, 3.05) is 5.84 Å². The molecule has 0 amide bonds. The number of nitrogens with zero attached hydrogens (tertiary/aromatic N) is 1. The topological polar surface area (TPSA) is 30.9 Å². The van der Waals surface area contributed by atoms with Crippen molar-refractivity contribution in [2.24, 2.45) is 0 Å². The van der Waals surface area contributed by atoms with Gasteiger partial charge in [-0.1, -0.05) is 12.1 Å². The molecule has 0 saturated carbocycles. The van der Waals surface area contributed by atoms with Crippen LogP contribution in [0.2, 0.25) is 0 Å². The minimum Gasteiger partial charge on any atom is -0.340 e. The van der Waals surface area contributed by atoms with Gasteiger partial charge < -0.3 is 5.84 Å². The van der Waals surface area contributed by atoms with Gasteiger partial charge in [-0.2, -0.15) is 11.3 Å². The number of nitrogen functional groups attached to an aromatic ring is 1. The highest BCUT2D eigenvalue weighted by Gasteiger charge is 1.68. The van der Waals surface area contributed by atoms with Gasteiger partial charge in [0.15, 0.2) is 0 Å². The molecule has 2 rings (SSSR count). The molecule has 0 bridgehead atoms. The van der Waals surface area contributed by atoms with Crippen LogP contribution in [-0.2, 0) is 0 Å². The second-order valence-corrected chi connectivity index (χ2v) is 2.74. The number of hydrogen-bond acceptors (Lipinski definition) is 2. The van der Waals surface area contributed by atoms with Gasteiger partial charge in [0.1, 0.15) is 0 Å². The number of thiophene rings is 1. The second kappa shape index (κ2) is 4.57. The molecular formula is C8H10N2S. The third kappa shape index (κ3) is 3.47.